The summed E-state index contributed by atoms with van der Waals surface area (Å²) in [5.74, 6) is -0.340. The van der Waals surface area contributed by atoms with Crippen molar-refractivity contribution in [2.24, 2.45) is 5.73 Å². The molecule has 0 fully saturated rings. The maximum absolute atomic E-state index is 11.3. The van der Waals surface area contributed by atoms with Crippen molar-refractivity contribution >= 4 is 5.97 Å². The first-order valence-corrected chi connectivity index (χ1v) is 5.56. The van der Waals surface area contributed by atoms with Crippen molar-refractivity contribution in [3.8, 4) is 5.75 Å². The van der Waals surface area contributed by atoms with E-state index < -0.39 is 0 Å². The summed E-state index contributed by atoms with van der Waals surface area (Å²) in [7, 11) is 1.34. The minimum absolute atomic E-state index is 0.184. The Morgan fingerprint density at radius 3 is 2.53 bits per heavy atom. The smallest absolute Gasteiger partial charge is 0.306 e. The van der Waals surface area contributed by atoms with Crippen molar-refractivity contribution in [3.05, 3.63) is 28.8 Å². The zero-order valence-corrected chi connectivity index (χ0v) is 10.5. The van der Waals surface area contributed by atoms with E-state index in [1.807, 2.05) is 19.9 Å². The fourth-order valence-electron chi connectivity index (χ4n) is 1.76. The van der Waals surface area contributed by atoms with Gasteiger partial charge in [-0.1, -0.05) is 6.07 Å². The molecule has 1 atom stereocenters. The molecule has 1 unspecified atom stereocenters. The zero-order valence-electron chi connectivity index (χ0n) is 10.5. The van der Waals surface area contributed by atoms with Gasteiger partial charge in [0.15, 0.2) is 0 Å². The molecule has 0 bridgehead atoms. The topological polar surface area (TPSA) is 72.5 Å². The molecule has 0 spiro atoms. The van der Waals surface area contributed by atoms with Gasteiger partial charge >= 0.3 is 5.97 Å². The molecule has 1 aromatic rings. The Balaban J connectivity index is 3.03. The molecule has 4 heteroatoms. The van der Waals surface area contributed by atoms with Crippen LogP contribution in [0.25, 0.3) is 0 Å². The first-order valence-electron chi connectivity index (χ1n) is 5.56. The number of nitrogens with two attached hydrogens (primary N) is 1. The highest BCUT2D eigenvalue weighted by atomic mass is 16.5. The van der Waals surface area contributed by atoms with E-state index in [1.54, 1.807) is 6.07 Å². The molecular formula is C13H19NO3. The highest BCUT2D eigenvalue weighted by Crippen LogP contribution is 2.30. The van der Waals surface area contributed by atoms with E-state index in [0.717, 1.165) is 11.1 Å². The Labute approximate surface area is 101 Å². The third-order valence-electron chi connectivity index (χ3n) is 3.01. The van der Waals surface area contributed by atoms with E-state index in [2.05, 4.69) is 4.74 Å². The van der Waals surface area contributed by atoms with E-state index in [0.29, 0.717) is 12.1 Å². The van der Waals surface area contributed by atoms with E-state index in [1.165, 1.54) is 7.11 Å². The molecule has 0 aliphatic heterocycles. The van der Waals surface area contributed by atoms with Gasteiger partial charge in [-0.15, -0.1) is 0 Å². The molecule has 0 saturated carbocycles. The molecule has 4 nitrogen and oxygen atoms in total. The van der Waals surface area contributed by atoms with Gasteiger partial charge < -0.3 is 15.6 Å². The number of hydrogen-bond acceptors (Lipinski definition) is 4. The molecule has 0 aliphatic rings. The van der Waals surface area contributed by atoms with Gasteiger partial charge in [0.1, 0.15) is 5.75 Å². The SMILES string of the molecule is COC(=O)CC(CN)c1cc(C)c(C)cc1O. The van der Waals surface area contributed by atoms with Crippen LogP contribution in [-0.2, 0) is 9.53 Å². The highest BCUT2D eigenvalue weighted by molar-refractivity contribution is 5.70. The largest absolute Gasteiger partial charge is 0.508 e. The number of aryl methyl sites for hydroxylation is 2. The lowest BCUT2D eigenvalue weighted by molar-refractivity contribution is -0.141. The van der Waals surface area contributed by atoms with Crippen molar-refractivity contribution < 1.29 is 14.6 Å². The molecule has 0 amide bonds. The number of methoxy groups -OCH3 is 1. The number of hydrogen-bond donors (Lipinski definition) is 2. The van der Waals surface area contributed by atoms with Crippen LogP contribution >= 0.6 is 0 Å². The van der Waals surface area contributed by atoms with Crippen LogP contribution in [0.5, 0.6) is 5.75 Å². The number of benzene rings is 1. The third-order valence-corrected chi connectivity index (χ3v) is 3.01. The number of esters is 1. The second-order valence-electron chi connectivity index (χ2n) is 4.21. The summed E-state index contributed by atoms with van der Waals surface area (Å²) in [5, 5.41) is 9.90. The summed E-state index contributed by atoms with van der Waals surface area (Å²) < 4.78 is 4.62. The normalized spacial score (nSPS) is 12.2. The summed E-state index contributed by atoms with van der Waals surface area (Å²) in [6, 6.07) is 3.58. The molecule has 94 valence electrons. The van der Waals surface area contributed by atoms with Crippen molar-refractivity contribution in [1.29, 1.82) is 0 Å². The quantitative estimate of drug-likeness (QED) is 0.780. The molecule has 0 aromatic heterocycles. The molecular weight excluding hydrogens is 218 g/mol. The lowest BCUT2D eigenvalue weighted by Gasteiger charge is -2.17. The van der Waals surface area contributed by atoms with Gasteiger partial charge in [0.25, 0.3) is 0 Å². The summed E-state index contributed by atoms with van der Waals surface area (Å²) in [6.07, 6.45) is 0.184. The molecule has 0 radical (unpaired) electrons. The van der Waals surface area contributed by atoms with Gasteiger partial charge in [0.2, 0.25) is 0 Å². The van der Waals surface area contributed by atoms with Crippen molar-refractivity contribution in [2.45, 2.75) is 26.2 Å². The fraction of sp³-hybridized carbons (Fsp3) is 0.462. The maximum Gasteiger partial charge on any atom is 0.306 e. The van der Waals surface area contributed by atoms with Crippen molar-refractivity contribution in [2.75, 3.05) is 13.7 Å². The standard InChI is InChI=1S/C13H19NO3/c1-8-4-11(12(15)5-9(8)2)10(7-14)6-13(16)17-3/h4-5,10,15H,6-7,14H2,1-3H3. The van der Waals surface area contributed by atoms with Gasteiger partial charge in [0.05, 0.1) is 13.5 Å². The first-order chi connectivity index (χ1) is 7.99. The van der Waals surface area contributed by atoms with E-state index in [4.69, 9.17) is 5.73 Å². The second-order valence-corrected chi connectivity index (χ2v) is 4.21. The lowest BCUT2D eigenvalue weighted by Crippen LogP contribution is -2.17. The number of aromatic hydroxyl groups is 1. The van der Waals surface area contributed by atoms with Gasteiger partial charge in [-0.05, 0) is 43.1 Å². The van der Waals surface area contributed by atoms with Crippen LogP contribution in [0, 0.1) is 13.8 Å². The predicted molar refractivity (Wildman–Crippen MR) is 66.0 cm³/mol. The van der Waals surface area contributed by atoms with Crippen LogP contribution in [-0.4, -0.2) is 24.7 Å². The summed E-state index contributed by atoms with van der Waals surface area (Å²) >= 11 is 0. The Morgan fingerprint density at radius 1 is 1.41 bits per heavy atom. The fourth-order valence-corrected chi connectivity index (χ4v) is 1.76. The Kier molecular flexibility index (Phi) is 4.52. The average molecular weight is 237 g/mol. The molecule has 0 aliphatic carbocycles. The average Bonchev–Trinajstić information content (AvgIpc) is 2.30. The van der Waals surface area contributed by atoms with Crippen LogP contribution in [0.4, 0.5) is 0 Å². The number of carbonyl (C=O) groups is 1. The molecule has 1 aromatic carbocycles. The predicted octanol–water partition coefficient (Wildman–Crippen LogP) is 1.61. The Morgan fingerprint density at radius 2 is 2.00 bits per heavy atom. The van der Waals surface area contributed by atoms with Crippen LogP contribution in [0.3, 0.4) is 0 Å². The van der Waals surface area contributed by atoms with Crippen LogP contribution in [0.1, 0.15) is 29.0 Å². The maximum atomic E-state index is 11.3. The number of phenolic OH excluding ortho intramolecular Hbond substituents is 1. The minimum atomic E-state index is -0.321. The number of rotatable bonds is 4. The van der Waals surface area contributed by atoms with Gasteiger partial charge in [0, 0.05) is 5.92 Å². The first kappa shape index (κ1) is 13.5. The number of ether oxygens (including phenoxy) is 1. The molecule has 3 N–H and O–H groups in total. The van der Waals surface area contributed by atoms with E-state index >= 15 is 0 Å². The van der Waals surface area contributed by atoms with Crippen molar-refractivity contribution in [3.63, 3.8) is 0 Å². The van der Waals surface area contributed by atoms with Gasteiger partial charge in [-0.25, -0.2) is 0 Å². The van der Waals surface area contributed by atoms with Crippen molar-refractivity contribution in [1.82, 2.24) is 0 Å². The molecule has 0 saturated heterocycles. The minimum Gasteiger partial charge on any atom is -0.508 e. The monoisotopic (exact) mass is 237 g/mol. The lowest BCUT2D eigenvalue weighted by atomic mass is 9.92. The summed E-state index contributed by atoms with van der Waals surface area (Å²) in [4.78, 5) is 11.3. The summed E-state index contributed by atoms with van der Waals surface area (Å²) in [5.41, 5.74) is 8.44. The van der Waals surface area contributed by atoms with Crippen LogP contribution in [0.15, 0.2) is 12.1 Å². The second kappa shape index (κ2) is 5.68. The molecule has 17 heavy (non-hydrogen) atoms. The number of carbonyl (C=O) groups excluding carboxylic acids is 1. The molecule has 1 rings (SSSR count). The third kappa shape index (κ3) is 3.20. The zero-order chi connectivity index (χ0) is 13.0. The molecule has 0 heterocycles. The Bertz CT molecular complexity index is 415. The van der Waals surface area contributed by atoms with E-state index in [-0.39, 0.29) is 24.1 Å². The van der Waals surface area contributed by atoms with Gasteiger partial charge in [-0.2, -0.15) is 0 Å². The van der Waals surface area contributed by atoms with Gasteiger partial charge in [-0.3, -0.25) is 4.79 Å². The van der Waals surface area contributed by atoms with Crippen LogP contribution < -0.4 is 5.73 Å². The van der Waals surface area contributed by atoms with Crippen LogP contribution in [0.2, 0.25) is 0 Å². The summed E-state index contributed by atoms with van der Waals surface area (Å²) in [6.45, 7) is 4.19. The highest BCUT2D eigenvalue weighted by Gasteiger charge is 2.18. The number of phenols is 1. The van der Waals surface area contributed by atoms with E-state index in [9.17, 15) is 9.90 Å². The Hall–Kier alpha value is -1.55.